The Bertz CT molecular complexity index is 1370. The van der Waals surface area contributed by atoms with E-state index in [2.05, 4.69) is 93.6 Å². The van der Waals surface area contributed by atoms with E-state index in [0.717, 1.165) is 39.5 Å². The van der Waals surface area contributed by atoms with E-state index < -0.39 is 0 Å². The van der Waals surface area contributed by atoms with Gasteiger partial charge >= 0.3 is 0 Å². The molecule has 4 N–H and O–H groups in total. The van der Waals surface area contributed by atoms with E-state index in [-0.39, 0.29) is 0 Å². The summed E-state index contributed by atoms with van der Waals surface area (Å²) < 4.78 is 0. The predicted octanol–water partition coefficient (Wildman–Crippen LogP) is 2.58. The SMILES string of the molecule is CCCCCC1=c2ccc([nH]2)=Cc2ccc([nH]2)C=c2ccc([nH]2)=Cc2ccc1[nH]2. The van der Waals surface area contributed by atoms with E-state index in [9.17, 15) is 0 Å². The van der Waals surface area contributed by atoms with Gasteiger partial charge < -0.3 is 19.9 Å². The third kappa shape index (κ3) is 3.79. The largest absolute Gasteiger partial charge is 0.355 e. The maximum atomic E-state index is 3.61. The minimum Gasteiger partial charge on any atom is -0.355 e. The van der Waals surface area contributed by atoms with Gasteiger partial charge in [0, 0.05) is 44.2 Å². The lowest BCUT2D eigenvalue weighted by Crippen LogP contribution is -2.14. The number of unbranched alkanes of at least 4 members (excludes halogenated alkanes) is 2. The van der Waals surface area contributed by atoms with Crippen LogP contribution in [0.3, 0.4) is 0 Å². The highest BCUT2D eigenvalue weighted by molar-refractivity contribution is 5.64. The summed E-state index contributed by atoms with van der Waals surface area (Å²) in [7, 11) is 0. The number of hydrogen-bond donors (Lipinski definition) is 4. The standard InChI is InChI=1S/C25H26N4/c1-2-3-4-5-23-24-12-10-21(28-24)15-19-8-6-17(26-19)14-18-7-9-20(27-18)16-22-11-13-25(23)29-22/h6-16,26-29H,2-5H2,1H3. The van der Waals surface area contributed by atoms with Crippen molar-refractivity contribution in [2.45, 2.75) is 32.6 Å². The van der Waals surface area contributed by atoms with Crippen LogP contribution in [-0.2, 0) is 0 Å². The van der Waals surface area contributed by atoms with Crippen LogP contribution in [0.4, 0.5) is 0 Å². The van der Waals surface area contributed by atoms with Crippen molar-refractivity contribution in [1.82, 2.24) is 19.9 Å². The van der Waals surface area contributed by atoms with Crippen molar-refractivity contribution in [3.05, 3.63) is 92.7 Å². The Hall–Kier alpha value is -3.40. The fraction of sp³-hybridized carbons (Fsp3) is 0.200. The molecule has 4 nitrogen and oxygen atoms in total. The molecule has 0 aliphatic carbocycles. The van der Waals surface area contributed by atoms with Gasteiger partial charge in [0.2, 0.25) is 0 Å². The first-order valence-electron chi connectivity index (χ1n) is 10.4. The second-order valence-corrected chi connectivity index (χ2v) is 7.76. The summed E-state index contributed by atoms with van der Waals surface area (Å²) in [6.07, 6.45) is 11.2. The molecule has 146 valence electrons. The van der Waals surface area contributed by atoms with Gasteiger partial charge in [-0.05, 0) is 85.2 Å². The van der Waals surface area contributed by atoms with Crippen molar-refractivity contribution >= 4 is 23.8 Å². The van der Waals surface area contributed by atoms with E-state index in [0.29, 0.717) is 0 Å². The lowest BCUT2D eigenvalue weighted by atomic mass is 10.0. The van der Waals surface area contributed by atoms with E-state index in [1.165, 1.54) is 35.9 Å². The van der Waals surface area contributed by atoms with Gasteiger partial charge in [-0.2, -0.15) is 0 Å². The molecule has 1 aliphatic heterocycles. The van der Waals surface area contributed by atoms with Crippen LogP contribution in [0.25, 0.3) is 23.8 Å². The van der Waals surface area contributed by atoms with Crippen LogP contribution in [0.2, 0.25) is 0 Å². The summed E-state index contributed by atoms with van der Waals surface area (Å²) in [4.78, 5) is 14.2. The molecule has 1 aliphatic rings. The Morgan fingerprint density at radius 1 is 0.586 bits per heavy atom. The topological polar surface area (TPSA) is 63.2 Å². The average Bonchev–Trinajstić information content (AvgIpc) is 3.49. The Morgan fingerprint density at radius 2 is 1.21 bits per heavy atom. The Morgan fingerprint density at radius 3 is 1.93 bits per heavy atom. The Kier molecular flexibility index (Phi) is 4.60. The highest BCUT2D eigenvalue weighted by Gasteiger charge is 2.07. The summed E-state index contributed by atoms with van der Waals surface area (Å²) >= 11 is 0. The molecule has 4 aromatic heterocycles. The molecule has 0 radical (unpaired) electrons. The first-order chi connectivity index (χ1) is 14.3. The molecule has 29 heavy (non-hydrogen) atoms. The van der Waals surface area contributed by atoms with Crippen molar-refractivity contribution in [1.29, 1.82) is 0 Å². The molecule has 4 aromatic rings. The summed E-state index contributed by atoms with van der Waals surface area (Å²) in [6, 6.07) is 17.2. The van der Waals surface area contributed by atoms with Crippen LogP contribution in [0.5, 0.6) is 0 Å². The zero-order valence-electron chi connectivity index (χ0n) is 16.7. The molecule has 0 saturated heterocycles. The van der Waals surface area contributed by atoms with Crippen LogP contribution in [0.1, 0.15) is 55.4 Å². The second kappa shape index (κ2) is 7.55. The van der Waals surface area contributed by atoms with Crippen LogP contribution in [-0.4, -0.2) is 19.9 Å². The van der Waals surface area contributed by atoms with Crippen molar-refractivity contribution < 1.29 is 0 Å². The molecule has 8 bridgehead atoms. The second-order valence-electron chi connectivity index (χ2n) is 7.76. The van der Waals surface area contributed by atoms with Crippen LogP contribution in [0, 0.1) is 0 Å². The molecule has 0 saturated carbocycles. The summed E-state index contributed by atoms with van der Waals surface area (Å²) in [5.41, 5.74) is 5.81. The van der Waals surface area contributed by atoms with Crippen molar-refractivity contribution in [2.24, 2.45) is 0 Å². The zero-order chi connectivity index (χ0) is 19.6. The first-order valence-corrected chi connectivity index (χ1v) is 10.4. The van der Waals surface area contributed by atoms with E-state index in [1.54, 1.807) is 0 Å². The van der Waals surface area contributed by atoms with Gasteiger partial charge in [0.1, 0.15) is 0 Å². The van der Waals surface area contributed by atoms with Gasteiger partial charge in [-0.25, -0.2) is 0 Å². The zero-order valence-corrected chi connectivity index (χ0v) is 16.7. The Balaban J connectivity index is 1.72. The van der Waals surface area contributed by atoms with Gasteiger partial charge in [-0.1, -0.05) is 19.8 Å². The molecule has 0 amide bonds. The molecule has 0 unspecified atom stereocenters. The maximum absolute atomic E-state index is 3.61. The Labute approximate surface area is 169 Å². The van der Waals surface area contributed by atoms with Gasteiger partial charge in [0.05, 0.1) is 0 Å². The quantitative estimate of drug-likeness (QED) is 0.392. The van der Waals surface area contributed by atoms with Crippen molar-refractivity contribution in [3.8, 4) is 0 Å². The van der Waals surface area contributed by atoms with Crippen LogP contribution < -0.4 is 21.4 Å². The number of aromatic nitrogens is 4. The maximum Gasteiger partial charge on any atom is 0.0438 e. The van der Waals surface area contributed by atoms with Crippen molar-refractivity contribution in [2.75, 3.05) is 0 Å². The van der Waals surface area contributed by atoms with Crippen molar-refractivity contribution in [3.63, 3.8) is 0 Å². The highest BCUT2D eigenvalue weighted by atomic mass is 14.8. The van der Waals surface area contributed by atoms with E-state index >= 15 is 0 Å². The van der Waals surface area contributed by atoms with Gasteiger partial charge in [-0.15, -0.1) is 0 Å². The fourth-order valence-electron chi connectivity index (χ4n) is 4.01. The molecule has 0 atom stereocenters. The molecule has 5 heterocycles. The number of hydrogen-bond acceptors (Lipinski definition) is 0. The van der Waals surface area contributed by atoms with Gasteiger partial charge in [0.25, 0.3) is 0 Å². The molecule has 0 aromatic carbocycles. The smallest absolute Gasteiger partial charge is 0.0438 e. The van der Waals surface area contributed by atoms with E-state index in [1.807, 2.05) is 0 Å². The fourth-order valence-corrected chi connectivity index (χ4v) is 4.01. The molecular weight excluding hydrogens is 356 g/mol. The lowest BCUT2D eigenvalue weighted by molar-refractivity contribution is 0.732. The first kappa shape index (κ1) is 17.7. The molecule has 0 fully saturated rings. The molecule has 5 rings (SSSR count). The summed E-state index contributed by atoms with van der Waals surface area (Å²) in [5, 5.41) is 4.46. The summed E-state index contributed by atoms with van der Waals surface area (Å²) in [6.45, 7) is 2.25. The number of nitrogens with one attached hydrogen (secondary N) is 4. The van der Waals surface area contributed by atoms with Gasteiger partial charge in [0.15, 0.2) is 0 Å². The number of fused-ring (bicyclic) bond motifs is 8. The number of aromatic amines is 4. The third-order valence-electron chi connectivity index (χ3n) is 5.49. The molecule has 0 spiro atoms. The lowest BCUT2D eigenvalue weighted by Gasteiger charge is -2.05. The predicted molar refractivity (Wildman–Crippen MR) is 119 cm³/mol. The van der Waals surface area contributed by atoms with E-state index in [4.69, 9.17) is 0 Å². The van der Waals surface area contributed by atoms with Gasteiger partial charge in [-0.3, -0.25) is 0 Å². The molecule has 4 heteroatoms. The summed E-state index contributed by atoms with van der Waals surface area (Å²) in [5.74, 6) is 0. The monoisotopic (exact) mass is 382 g/mol. The van der Waals surface area contributed by atoms with Crippen LogP contribution >= 0.6 is 0 Å². The highest BCUT2D eigenvalue weighted by Crippen LogP contribution is 2.18. The normalized spacial score (nSPS) is 12.9. The minimum atomic E-state index is 1.06. The number of H-pyrrole nitrogens is 4. The average molecular weight is 383 g/mol. The number of rotatable bonds is 4. The van der Waals surface area contributed by atoms with Crippen LogP contribution in [0.15, 0.2) is 48.5 Å². The minimum absolute atomic E-state index is 1.06. The molecular formula is C25H26N4. The third-order valence-corrected chi connectivity index (χ3v) is 5.49.